The van der Waals surface area contributed by atoms with Crippen molar-refractivity contribution in [1.29, 1.82) is 0 Å². The quantitative estimate of drug-likeness (QED) is 0.909. The summed E-state index contributed by atoms with van der Waals surface area (Å²) in [5.74, 6) is -0.221. The summed E-state index contributed by atoms with van der Waals surface area (Å²) in [6, 6.07) is 6.46. The number of hydrogen-bond donors (Lipinski definition) is 1. The lowest BCUT2D eigenvalue weighted by Gasteiger charge is -2.35. The minimum Gasteiger partial charge on any atom is -0.373 e. The lowest BCUT2D eigenvalue weighted by molar-refractivity contribution is -0.0684. The first-order chi connectivity index (χ1) is 9.04. The topological polar surface area (TPSA) is 38.5 Å². The van der Waals surface area contributed by atoms with E-state index in [9.17, 15) is 4.39 Å². The van der Waals surface area contributed by atoms with E-state index in [-0.39, 0.29) is 24.1 Å². The van der Waals surface area contributed by atoms with Crippen molar-refractivity contribution in [3.05, 3.63) is 35.6 Å². The Hall–Kier alpha value is -0.970. The van der Waals surface area contributed by atoms with Crippen LogP contribution in [0.25, 0.3) is 0 Å². The van der Waals surface area contributed by atoms with Crippen molar-refractivity contribution in [1.82, 2.24) is 4.90 Å². The van der Waals surface area contributed by atoms with Gasteiger partial charge in [-0.2, -0.15) is 0 Å². The van der Waals surface area contributed by atoms with Crippen LogP contribution in [0.1, 0.15) is 31.9 Å². The summed E-state index contributed by atoms with van der Waals surface area (Å²) in [5, 5.41) is 0. The first-order valence-corrected chi connectivity index (χ1v) is 6.93. The third-order valence-electron chi connectivity index (χ3n) is 3.53. The highest BCUT2D eigenvalue weighted by molar-refractivity contribution is 5.19. The van der Waals surface area contributed by atoms with Crippen LogP contribution >= 0.6 is 0 Å². The Bertz CT molecular complexity index is 403. The summed E-state index contributed by atoms with van der Waals surface area (Å²) in [6.07, 6.45) is 1.38. The van der Waals surface area contributed by atoms with Crippen LogP contribution in [0.3, 0.4) is 0 Å². The van der Waals surface area contributed by atoms with Crippen molar-refractivity contribution in [2.24, 2.45) is 5.73 Å². The summed E-state index contributed by atoms with van der Waals surface area (Å²) < 4.78 is 18.8. The molecule has 2 rings (SSSR count). The smallest absolute Gasteiger partial charge is 0.123 e. The standard InChI is InChI=1S/C15H23FN2O/c1-11-9-18(10-12(2)19-11)7-6-15(17)13-4-3-5-14(16)8-13/h3-5,8,11-12,15H,6-7,9-10,17H2,1-2H3/t11-,12+,15?. The number of nitrogens with two attached hydrogens (primary N) is 1. The third kappa shape index (κ3) is 4.27. The highest BCUT2D eigenvalue weighted by atomic mass is 19.1. The molecule has 1 aliphatic rings. The molecule has 0 aliphatic carbocycles. The fourth-order valence-corrected chi connectivity index (χ4v) is 2.69. The summed E-state index contributed by atoms with van der Waals surface area (Å²) in [6.45, 7) is 7.00. The Kier molecular flexibility index (Phi) is 4.91. The zero-order valence-electron chi connectivity index (χ0n) is 11.7. The molecule has 4 heteroatoms. The first-order valence-electron chi connectivity index (χ1n) is 6.93. The predicted octanol–water partition coefficient (Wildman–Crippen LogP) is 2.32. The van der Waals surface area contributed by atoms with Crippen molar-refractivity contribution in [2.45, 2.75) is 38.5 Å². The van der Waals surface area contributed by atoms with E-state index in [0.717, 1.165) is 31.6 Å². The monoisotopic (exact) mass is 266 g/mol. The fraction of sp³-hybridized carbons (Fsp3) is 0.600. The summed E-state index contributed by atoms with van der Waals surface area (Å²) in [4.78, 5) is 2.37. The normalized spacial score (nSPS) is 26.3. The van der Waals surface area contributed by atoms with E-state index in [2.05, 4.69) is 18.7 Å². The number of halogens is 1. The largest absolute Gasteiger partial charge is 0.373 e. The van der Waals surface area contributed by atoms with E-state index in [1.807, 2.05) is 6.07 Å². The molecular formula is C15H23FN2O. The molecule has 1 aromatic carbocycles. The van der Waals surface area contributed by atoms with E-state index in [4.69, 9.17) is 10.5 Å². The average Bonchev–Trinajstić information content (AvgIpc) is 2.35. The molecule has 19 heavy (non-hydrogen) atoms. The van der Waals surface area contributed by atoms with Crippen LogP contribution in [0, 0.1) is 5.82 Å². The summed E-state index contributed by atoms with van der Waals surface area (Å²) in [5.41, 5.74) is 7.00. The van der Waals surface area contributed by atoms with Crippen LogP contribution in [0.5, 0.6) is 0 Å². The second kappa shape index (κ2) is 6.46. The van der Waals surface area contributed by atoms with Crippen LogP contribution in [0.4, 0.5) is 4.39 Å². The Morgan fingerprint density at radius 2 is 2.05 bits per heavy atom. The maximum atomic E-state index is 13.1. The number of hydrogen-bond acceptors (Lipinski definition) is 3. The van der Waals surface area contributed by atoms with Crippen LogP contribution in [-0.2, 0) is 4.74 Å². The molecule has 1 heterocycles. The predicted molar refractivity (Wildman–Crippen MR) is 74.4 cm³/mol. The molecule has 0 spiro atoms. The van der Waals surface area contributed by atoms with Gasteiger partial charge in [0.1, 0.15) is 5.82 Å². The SMILES string of the molecule is C[C@@H]1CN(CCC(N)c2cccc(F)c2)C[C@H](C)O1. The lowest BCUT2D eigenvalue weighted by atomic mass is 10.0. The lowest BCUT2D eigenvalue weighted by Crippen LogP contribution is -2.46. The van der Waals surface area contributed by atoms with Gasteiger partial charge >= 0.3 is 0 Å². The van der Waals surface area contributed by atoms with Crippen LogP contribution in [0.15, 0.2) is 24.3 Å². The van der Waals surface area contributed by atoms with E-state index < -0.39 is 0 Å². The Morgan fingerprint density at radius 1 is 1.37 bits per heavy atom. The van der Waals surface area contributed by atoms with Gasteiger partial charge in [0.15, 0.2) is 0 Å². The van der Waals surface area contributed by atoms with Gasteiger partial charge in [-0.15, -0.1) is 0 Å². The van der Waals surface area contributed by atoms with Gasteiger partial charge in [-0.1, -0.05) is 12.1 Å². The van der Waals surface area contributed by atoms with Gasteiger partial charge in [0.05, 0.1) is 12.2 Å². The van der Waals surface area contributed by atoms with Gasteiger partial charge in [-0.05, 0) is 38.0 Å². The molecule has 1 unspecified atom stereocenters. The van der Waals surface area contributed by atoms with Crippen LogP contribution in [-0.4, -0.2) is 36.7 Å². The molecule has 1 saturated heterocycles. The van der Waals surface area contributed by atoms with Crippen molar-refractivity contribution < 1.29 is 9.13 Å². The fourth-order valence-electron chi connectivity index (χ4n) is 2.69. The second-order valence-electron chi connectivity index (χ2n) is 5.47. The highest BCUT2D eigenvalue weighted by Crippen LogP contribution is 2.17. The van der Waals surface area contributed by atoms with Crippen molar-refractivity contribution >= 4 is 0 Å². The van der Waals surface area contributed by atoms with Gasteiger partial charge in [-0.3, -0.25) is 4.90 Å². The number of rotatable bonds is 4. The number of nitrogens with zero attached hydrogens (tertiary/aromatic N) is 1. The highest BCUT2D eigenvalue weighted by Gasteiger charge is 2.22. The van der Waals surface area contributed by atoms with Gasteiger partial charge in [0.2, 0.25) is 0 Å². The average molecular weight is 266 g/mol. The molecule has 1 aromatic rings. The molecule has 3 atom stereocenters. The molecule has 1 fully saturated rings. The van der Waals surface area contributed by atoms with Crippen LogP contribution in [0.2, 0.25) is 0 Å². The zero-order chi connectivity index (χ0) is 13.8. The maximum absolute atomic E-state index is 13.1. The molecule has 3 nitrogen and oxygen atoms in total. The molecule has 0 saturated carbocycles. The third-order valence-corrected chi connectivity index (χ3v) is 3.53. The summed E-state index contributed by atoms with van der Waals surface area (Å²) in [7, 11) is 0. The van der Waals surface area contributed by atoms with E-state index in [0.29, 0.717) is 0 Å². The van der Waals surface area contributed by atoms with E-state index in [1.54, 1.807) is 6.07 Å². The molecule has 0 radical (unpaired) electrons. The van der Waals surface area contributed by atoms with Crippen molar-refractivity contribution in [3.63, 3.8) is 0 Å². The molecular weight excluding hydrogens is 243 g/mol. The minimum absolute atomic E-state index is 0.107. The maximum Gasteiger partial charge on any atom is 0.123 e. The van der Waals surface area contributed by atoms with Gasteiger partial charge < -0.3 is 10.5 Å². The Morgan fingerprint density at radius 3 is 2.68 bits per heavy atom. The van der Waals surface area contributed by atoms with Gasteiger partial charge in [0.25, 0.3) is 0 Å². The minimum atomic E-state index is -0.221. The van der Waals surface area contributed by atoms with E-state index >= 15 is 0 Å². The van der Waals surface area contributed by atoms with Gasteiger partial charge in [0, 0.05) is 25.7 Å². The Balaban J connectivity index is 1.84. The summed E-state index contributed by atoms with van der Waals surface area (Å²) >= 11 is 0. The zero-order valence-corrected chi connectivity index (χ0v) is 11.7. The molecule has 0 bridgehead atoms. The second-order valence-corrected chi connectivity index (χ2v) is 5.47. The number of ether oxygens (including phenoxy) is 1. The molecule has 0 amide bonds. The van der Waals surface area contributed by atoms with Crippen molar-refractivity contribution in [3.8, 4) is 0 Å². The molecule has 1 aliphatic heterocycles. The molecule has 106 valence electrons. The molecule has 0 aromatic heterocycles. The van der Waals surface area contributed by atoms with Crippen LogP contribution < -0.4 is 5.73 Å². The van der Waals surface area contributed by atoms with Crippen molar-refractivity contribution in [2.75, 3.05) is 19.6 Å². The van der Waals surface area contributed by atoms with E-state index in [1.165, 1.54) is 12.1 Å². The first kappa shape index (κ1) is 14.4. The Labute approximate surface area is 114 Å². The number of benzene rings is 1. The number of morpholine rings is 1. The van der Waals surface area contributed by atoms with Gasteiger partial charge in [-0.25, -0.2) is 4.39 Å². The molecule has 2 N–H and O–H groups in total.